The molecule has 1 amide bonds. The molecule has 0 bridgehead atoms. The lowest BCUT2D eigenvalue weighted by atomic mass is 10.2. The van der Waals surface area contributed by atoms with Crippen molar-refractivity contribution in [3.8, 4) is 11.8 Å². The Morgan fingerprint density at radius 2 is 2.00 bits per heavy atom. The highest BCUT2D eigenvalue weighted by atomic mass is 16.5. The Hall–Kier alpha value is -3.00. The zero-order valence-electron chi connectivity index (χ0n) is 11.2. The Morgan fingerprint density at radius 3 is 2.76 bits per heavy atom. The second-order valence-electron chi connectivity index (χ2n) is 4.66. The molecule has 0 aliphatic carbocycles. The first-order valence-corrected chi connectivity index (χ1v) is 6.57. The van der Waals surface area contributed by atoms with Gasteiger partial charge in [0.15, 0.2) is 6.10 Å². The molecule has 0 aromatic heterocycles. The minimum absolute atomic E-state index is 0.221. The lowest BCUT2D eigenvalue weighted by molar-refractivity contribution is -0.122. The maximum absolute atomic E-state index is 12.2. The smallest absolute Gasteiger partial charge is 0.267 e. The van der Waals surface area contributed by atoms with Gasteiger partial charge in [0.1, 0.15) is 5.75 Å². The SMILES string of the molecule is N#Cc1ccc(NC(=O)C2CNc3ccccc3O2)cc1. The van der Waals surface area contributed by atoms with Crippen LogP contribution in [0.2, 0.25) is 0 Å². The van der Waals surface area contributed by atoms with E-state index < -0.39 is 6.10 Å². The highest BCUT2D eigenvalue weighted by molar-refractivity contribution is 5.95. The van der Waals surface area contributed by atoms with Crippen LogP contribution in [0.25, 0.3) is 0 Å². The van der Waals surface area contributed by atoms with Crippen LogP contribution < -0.4 is 15.4 Å². The highest BCUT2D eigenvalue weighted by Crippen LogP contribution is 2.28. The van der Waals surface area contributed by atoms with Crippen LogP contribution in [0.4, 0.5) is 11.4 Å². The summed E-state index contributed by atoms with van der Waals surface area (Å²) < 4.78 is 5.68. The molecule has 21 heavy (non-hydrogen) atoms. The van der Waals surface area contributed by atoms with Crippen molar-refractivity contribution in [1.29, 1.82) is 5.26 Å². The molecule has 1 aliphatic rings. The van der Waals surface area contributed by atoms with Crippen LogP contribution in [0.3, 0.4) is 0 Å². The second-order valence-corrected chi connectivity index (χ2v) is 4.66. The van der Waals surface area contributed by atoms with E-state index in [0.717, 1.165) is 5.69 Å². The number of carbonyl (C=O) groups is 1. The Balaban J connectivity index is 1.68. The molecule has 5 nitrogen and oxygen atoms in total. The summed E-state index contributed by atoms with van der Waals surface area (Å²) in [6, 6.07) is 16.2. The second kappa shape index (κ2) is 5.55. The van der Waals surface area contributed by atoms with Crippen molar-refractivity contribution in [1.82, 2.24) is 0 Å². The van der Waals surface area contributed by atoms with Gasteiger partial charge in [0.2, 0.25) is 0 Å². The molecular formula is C16H13N3O2. The number of rotatable bonds is 2. The number of nitriles is 1. The standard InChI is InChI=1S/C16H13N3O2/c17-9-11-5-7-12(8-6-11)19-16(20)15-10-18-13-3-1-2-4-14(13)21-15/h1-8,15,18H,10H2,(H,19,20). The van der Waals surface area contributed by atoms with Crippen molar-refractivity contribution in [2.24, 2.45) is 0 Å². The molecule has 1 heterocycles. The molecule has 2 aromatic rings. The third kappa shape index (κ3) is 2.79. The van der Waals surface area contributed by atoms with Gasteiger partial charge in [0, 0.05) is 5.69 Å². The molecule has 1 unspecified atom stereocenters. The van der Waals surface area contributed by atoms with E-state index in [1.807, 2.05) is 30.3 Å². The number of hydrogen-bond donors (Lipinski definition) is 2. The number of anilines is 2. The molecule has 0 saturated carbocycles. The lowest BCUT2D eigenvalue weighted by Gasteiger charge is -2.26. The first kappa shape index (κ1) is 13.0. The molecule has 0 spiro atoms. The topological polar surface area (TPSA) is 74.2 Å². The first-order chi connectivity index (χ1) is 10.3. The number of nitrogens with one attached hydrogen (secondary N) is 2. The van der Waals surface area contributed by atoms with Gasteiger partial charge in [-0.25, -0.2) is 0 Å². The number of benzene rings is 2. The van der Waals surface area contributed by atoms with Crippen LogP contribution >= 0.6 is 0 Å². The van der Waals surface area contributed by atoms with Crippen molar-refractivity contribution in [2.75, 3.05) is 17.2 Å². The fourth-order valence-corrected chi connectivity index (χ4v) is 2.11. The van der Waals surface area contributed by atoms with Gasteiger partial charge in [-0.05, 0) is 36.4 Å². The molecule has 2 N–H and O–H groups in total. The Morgan fingerprint density at radius 1 is 1.24 bits per heavy atom. The van der Waals surface area contributed by atoms with E-state index in [4.69, 9.17) is 10.00 Å². The first-order valence-electron chi connectivity index (χ1n) is 6.57. The maximum Gasteiger partial charge on any atom is 0.267 e. The van der Waals surface area contributed by atoms with Crippen LogP contribution in [0, 0.1) is 11.3 Å². The number of fused-ring (bicyclic) bond motifs is 1. The highest BCUT2D eigenvalue weighted by Gasteiger charge is 2.25. The van der Waals surface area contributed by atoms with E-state index in [0.29, 0.717) is 23.5 Å². The number of carbonyl (C=O) groups excluding carboxylic acids is 1. The number of para-hydroxylation sites is 2. The summed E-state index contributed by atoms with van der Waals surface area (Å²) in [5.74, 6) is 0.449. The summed E-state index contributed by atoms with van der Waals surface area (Å²) in [6.07, 6.45) is -0.587. The average Bonchev–Trinajstić information content (AvgIpc) is 2.55. The van der Waals surface area contributed by atoms with Gasteiger partial charge in [-0.3, -0.25) is 4.79 Å². The van der Waals surface area contributed by atoms with Crippen LogP contribution in [0.15, 0.2) is 48.5 Å². The summed E-state index contributed by atoms with van der Waals surface area (Å²) in [7, 11) is 0. The Labute approximate surface area is 122 Å². The summed E-state index contributed by atoms with van der Waals surface area (Å²) >= 11 is 0. The monoisotopic (exact) mass is 279 g/mol. The Bertz CT molecular complexity index is 704. The molecule has 1 atom stereocenters. The third-order valence-electron chi connectivity index (χ3n) is 3.21. The minimum Gasteiger partial charge on any atom is -0.477 e. The molecule has 104 valence electrons. The van der Waals surface area contributed by atoms with Crippen molar-refractivity contribution in [2.45, 2.75) is 6.10 Å². The van der Waals surface area contributed by atoms with Crippen LogP contribution in [-0.4, -0.2) is 18.6 Å². The minimum atomic E-state index is -0.587. The number of nitrogens with zero attached hydrogens (tertiary/aromatic N) is 1. The van der Waals surface area contributed by atoms with Crippen molar-refractivity contribution >= 4 is 17.3 Å². The fourth-order valence-electron chi connectivity index (χ4n) is 2.11. The lowest BCUT2D eigenvalue weighted by Crippen LogP contribution is -2.41. The quantitative estimate of drug-likeness (QED) is 0.885. The normalized spacial score (nSPS) is 15.9. The molecule has 0 fully saturated rings. The molecule has 2 aromatic carbocycles. The predicted molar refractivity (Wildman–Crippen MR) is 79.1 cm³/mol. The zero-order chi connectivity index (χ0) is 14.7. The van der Waals surface area contributed by atoms with E-state index in [1.165, 1.54) is 0 Å². The van der Waals surface area contributed by atoms with E-state index in [1.54, 1.807) is 24.3 Å². The molecule has 3 rings (SSSR count). The van der Waals surface area contributed by atoms with Crippen LogP contribution in [0.5, 0.6) is 5.75 Å². The van der Waals surface area contributed by atoms with E-state index in [9.17, 15) is 4.79 Å². The average molecular weight is 279 g/mol. The van der Waals surface area contributed by atoms with Crippen molar-refractivity contribution < 1.29 is 9.53 Å². The fraction of sp³-hybridized carbons (Fsp3) is 0.125. The van der Waals surface area contributed by atoms with Gasteiger partial charge >= 0.3 is 0 Å². The van der Waals surface area contributed by atoms with E-state index >= 15 is 0 Å². The largest absolute Gasteiger partial charge is 0.477 e. The Kier molecular flexibility index (Phi) is 3.44. The molecule has 0 radical (unpaired) electrons. The van der Waals surface area contributed by atoms with Gasteiger partial charge in [0.05, 0.1) is 23.9 Å². The van der Waals surface area contributed by atoms with Gasteiger partial charge in [0.25, 0.3) is 5.91 Å². The van der Waals surface area contributed by atoms with Crippen molar-refractivity contribution in [3.05, 3.63) is 54.1 Å². The zero-order valence-corrected chi connectivity index (χ0v) is 11.2. The number of ether oxygens (including phenoxy) is 1. The van der Waals surface area contributed by atoms with Gasteiger partial charge in [-0.1, -0.05) is 12.1 Å². The molecule has 5 heteroatoms. The van der Waals surface area contributed by atoms with Crippen LogP contribution in [-0.2, 0) is 4.79 Å². The maximum atomic E-state index is 12.2. The summed E-state index contributed by atoms with van der Waals surface area (Å²) in [5, 5.41) is 14.7. The van der Waals surface area contributed by atoms with E-state index in [-0.39, 0.29) is 5.91 Å². The molecule has 0 saturated heterocycles. The molecule has 1 aliphatic heterocycles. The third-order valence-corrected chi connectivity index (χ3v) is 3.21. The molecular weight excluding hydrogens is 266 g/mol. The number of amides is 1. The summed E-state index contributed by atoms with van der Waals surface area (Å²) in [5.41, 5.74) is 2.08. The number of hydrogen-bond acceptors (Lipinski definition) is 4. The van der Waals surface area contributed by atoms with Gasteiger partial charge < -0.3 is 15.4 Å². The predicted octanol–water partition coefficient (Wildman–Crippen LogP) is 2.37. The van der Waals surface area contributed by atoms with E-state index in [2.05, 4.69) is 10.6 Å². The summed E-state index contributed by atoms with van der Waals surface area (Å²) in [6.45, 7) is 0.416. The van der Waals surface area contributed by atoms with Crippen LogP contribution in [0.1, 0.15) is 5.56 Å². The van der Waals surface area contributed by atoms with Crippen molar-refractivity contribution in [3.63, 3.8) is 0 Å². The van der Waals surface area contributed by atoms with Gasteiger partial charge in [-0.2, -0.15) is 5.26 Å². The summed E-state index contributed by atoms with van der Waals surface area (Å²) in [4.78, 5) is 12.2. The van der Waals surface area contributed by atoms with Gasteiger partial charge in [-0.15, -0.1) is 0 Å².